The minimum atomic E-state index is 0.761. The summed E-state index contributed by atoms with van der Waals surface area (Å²) in [5.41, 5.74) is 1.91. The molecule has 1 N–H and O–H groups in total. The maximum absolute atomic E-state index is 4.23. The quantitative estimate of drug-likeness (QED) is 0.743. The third kappa shape index (κ3) is 1.78. The number of pyridine rings is 1. The molecule has 2 aromatic heterocycles. The molecule has 0 saturated carbocycles. The fourth-order valence-corrected chi connectivity index (χ4v) is 1.95. The second-order valence-electron chi connectivity index (χ2n) is 3.96. The lowest BCUT2D eigenvalue weighted by atomic mass is 10.0. The van der Waals surface area contributed by atoms with E-state index in [0.29, 0.717) is 0 Å². The first-order chi connectivity index (χ1) is 8.88. The first kappa shape index (κ1) is 10.7. The van der Waals surface area contributed by atoms with Crippen LogP contribution in [0, 0.1) is 0 Å². The van der Waals surface area contributed by atoms with Gasteiger partial charge >= 0.3 is 0 Å². The first-order valence-corrected chi connectivity index (χ1v) is 5.73. The summed E-state index contributed by atoms with van der Waals surface area (Å²) in [6.07, 6.45) is 3.65. The highest BCUT2D eigenvalue weighted by Crippen LogP contribution is 2.26. The SMILES string of the molecule is CNc1ccc(-c2cccc3ccncc23)nn1. The van der Waals surface area contributed by atoms with Gasteiger partial charge in [0.2, 0.25) is 0 Å². The molecule has 0 atom stereocenters. The van der Waals surface area contributed by atoms with Gasteiger partial charge in [-0.15, -0.1) is 10.2 Å². The Labute approximate surface area is 105 Å². The van der Waals surface area contributed by atoms with Gasteiger partial charge in [0.05, 0.1) is 5.69 Å². The van der Waals surface area contributed by atoms with E-state index in [1.165, 1.54) is 0 Å². The highest BCUT2D eigenvalue weighted by molar-refractivity contribution is 5.95. The first-order valence-electron chi connectivity index (χ1n) is 5.73. The monoisotopic (exact) mass is 236 g/mol. The van der Waals surface area contributed by atoms with Crippen molar-refractivity contribution in [3.8, 4) is 11.3 Å². The number of benzene rings is 1. The highest BCUT2D eigenvalue weighted by atomic mass is 15.2. The number of hydrogen-bond donors (Lipinski definition) is 1. The van der Waals surface area contributed by atoms with Crippen LogP contribution in [0.4, 0.5) is 5.82 Å². The molecule has 0 aliphatic rings. The molecule has 1 aromatic carbocycles. The van der Waals surface area contributed by atoms with Gasteiger partial charge in [-0.3, -0.25) is 4.98 Å². The molecule has 0 unspecified atom stereocenters. The molecule has 4 heteroatoms. The Morgan fingerprint density at radius 1 is 1.00 bits per heavy atom. The van der Waals surface area contributed by atoms with Gasteiger partial charge in [0, 0.05) is 30.4 Å². The molecule has 18 heavy (non-hydrogen) atoms. The zero-order valence-corrected chi connectivity index (χ0v) is 9.96. The van der Waals surface area contributed by atoms with Crippen LogP contribution in [0.1, 0.15) is 0 Å². The van der Waals surface area contributed by atoms with E-state index in [0.717, 1.165) is 27.8 Å². The largest absolute Gasteiger partial charge is 0.372 e. The van der Waals surface area contributed by atoms with E-state index >= 15 is 0 Å². The van der Waals surface area contributed by atoms with E-state index in [1.54, 1.807) is 6.20 Å². The van der Waals surface area contributed by atoms with E-state index < -0.39 is 0 Å². The summed E-state index contributed by atoms with van der Waals surface area (Å²) >= 11 is 0. The van der Waals surface area contributed by atoms with Crippen molar-refractivity contribution < 1.29 is 0 Å². The zero-order valence-electron chi connectivity index (χ0n) is 9.96. The van der Waals surface area contributed by atoms with Gasteiger partial charge in [0.25, 0.3) is 0 Å². The predicted octanol–water partition coefficient (Wildman–Crippen LogP) is 2.73. The molecule has 0 amide bonds. The molecule has 0 aliphatic heterocycles. The van der Waals surface area contributed by atoms with Gasteiger partial charge in [-0.1, -0.05) is 18.2 Å². The van der Waals surface area contributed by atoms with E-state index in [9.17, 15) is 0 Å². The van der Waals surface area contributed by atoms with E-state index in [-0.39, 0.29) is 0 Å². The van der Waals surface area contributed by atoms with Crippen molar-refractivity contribution in [3.05, 3.63) is 48.8 Å². The summed E-state index contributed by atoms with van der Waals surface area (Å²) in [5.74, 6) is 0.761. The highest BCUT2D eigenvalue weighted by Gasteiger charge is 2.05. The topological polar surface area (TPSA) is 50.7 Å². The van der Waals surface area contributed by atoms with Gasteiger partial charge in [-0.2, -0.15) is 0 Å². The smallest absolute Gasteiger partial charge is 0.148 e. The summed E-state index contributed by atoms with van der Waals surface area (Å²) < 4.78 is 0. The van der Waals surface area contributed by atoms with Crippen LogP contribution in [0.15, 0.2) is 48.8 Å². The van der Waals surface area contributed by atoms with Crippen LogP contribution in [0.5, 0.6) is 0 Å². The lowest BCUT2D eigenvalue weighted by Crippen LogP contribution is -1.95. The van der Waals surface area contributed by atoms with Crippen molar-refractivity contribution >= 4 is 16.6 Å². The number of hydrogen-bond acceptors (Lipinski definition) is 4. The fraction of sp³-hybridized carbons (Fsp3) is 0.0714. The number of nitrogens with zero attached hydrogens (tertiary/aromatic N) is 3. The van der Waals surface area contributed by atoms with Crippen LogP contribution in [-0.4, -0.2) is 22.2 Å². The number of aromatic nitrogens is 3. The lowest BCUT2D eigenvalue weighted by Gasteiger charge is -2.05. The summed E-state index contributed by atoms with van der Waals surface area (Å²) in [6.45, 7) is 0. The van der Waals surface area contributed by atoms with Gasteiger partial charge in [-0.25, -0.2) is 0 Å². The average molecular weight is 236 g/mol. The van der Waals surface area contributed by atoms with Crippen LogP contribution < -0.4 is 5.32 Å². The molecule has 0 bridgehead atoms. The molecular formula is C14H12N4. The molecule has 88 valence electrons. The number of rotatable bonds is 2. The molecule has 0 saturated heterocycles. The molecule has 0 radical (unpaired) electrons. The van der Waals surface area contributed by atoms with Crippen LogP contribution in [-0.2, 0) is 0 Å². The Hall–Kier alpha value is -2.49. The molecule has 0 fully saturated rings. The number of anilines is 1. The van der Waals surface area contributed by atoms with Gasteiger partial charge in [0.1, 0.15) is 5.82 Å². The average Bonchev–Trinajstić information content (AvgIpc) is 2.47. The standard InChI is InChI=1S/C14H12N4/c1-15-14-6-5-13(17-18-14)11-4-2-3-10-7-8-16-9-12(10)11/h2-9H,1H3,(H,15,18). The van der Waals surface area contributed by atoms with Crippen molar-refractivity contribution in [1.29, 1.82) is 0 Å². The summed E-state index contributed by atoms with van der Waals surface area (Å²) in [4.78, 5) is 4.17. The molecule has 0 aliphatic carbocycles. The fourth-order valence-electron chi connectivity index (χ4n) is 1.95. The molecular weight excluding hydrogens is 224 g/mol. The molecule has 0 spiro atoms. The Kier molecular flexibility index (Phi) is 2.61. The predicted molar refractivity (Wildman–Crippen MR) is 72.3 cm³/mol. The Balaban J connectivity index is 2.18. The number of nitrogens with one attached hydrogen (secondary N) is 1. The third-order valence-electron chi connectivity index (χ3n) is 2.88. The molecule has 2 heterocycles. The second-order valence-corrected chi connectivity index (χ2v) is 3.96. The van der Waals surface area contributed by atoms with Crippen molar-refractivity contribution in [1.82, 2.24) is 15.2 Å². The van der Waals surface area contributed by atoms with Crippen molar-refractivity contribution in [3.63, 3.8) is 0 Å². The maximum Gasteiger partial charge on any atom is 0.148 e. The molecule has 3 rings (SSSR count). The summed E-state index contributed by atoms with van der Waals surface area (Å²) in [7, 11) is 1.82. The van der Waals surface area contributed by atoms with Crippen molar-refractivity contribution in [2.24, 2.45) is 0 Å². The Morgan fingerprint density at radius 3 is 2.72 bits per heavy atom. The van der Waals surface area contributed by atoms with Crippen LogP contribution >= 0.6 is 0 Å². The van der Waals surface area contributed by atoms with E-state index in [2.05, 4.69) is 26.6 Å². The van der Waals surface area contributed by atoms with Crippen molar-refractivity contribution in [2.45, 2.75) is 0 Å². The normalized spacial score (nSPS) is 10.5. The van der Waals surface area contributed by atoms with E-state index in [4.69, 9.17) is 0 Å². The second kappa shape index (κ2) is 4.41. The summed E-state index contributed by atoms with van der Waals surface area (Å²) in [5, 5.41) is 13.5. The van der Waals surface area contributed by atoms with Crippen LogP contribution in [0.2, 0.25) is 0 Å². The minimum Gasteiger partial charge on any atom is -0.372 e. The number of fused-ring (bicyclic) bond motifs is 1. The van der Waals surface area contributed by atoms with Crippen LogP contribution in [0.3, 0.4) is 0 Å². The Morgan fingerprint density at radius 2 is 1.94 bits per heavy atom. The van der Waals surface area contributed by atoms with Gasteiger partial charge in [-0.05, 0) is 23.6 Å². The maximum atomic E-state index is 4.23. The van der Waals surface area contributed by atoms with Crippen LogP contribution in [0.25, 0.3) is 22.0 Å². The van der Waals surface area contributed by atoms with Gasteiger partial charge in [0.15, 0.2) is 0 Å². The lowest BCUT2D eigenvalue weighted by molar-refractivity contribution is 1.04. The summed E-state index contributed by atoms with van der Waals surface area (Å²) in [6, 6.07) is 12.0. The van der Waals surface area contributed by atoms with Crippen molar-refractivity contribution in [2.75, 3.05) is 12.4 Å². The minimum absolute atomic E-state index is 0.761. The van der Waals surface area contributed by atoms with E-state index in [1.807, 2.05) is 43.6 Å². The Bertz CT molecular complexity index is 671. The third-order valence-corrected chi connectivity index (χ3v) is 2.88. The van der Waals surface area contributed by atoms with Gasteiger partial charge < -0.3 is 5.32 Å². The molecule has 3 aromatic rings. The molecule has 4 nitrogen and oxygen atoms in total. The zero-order chi connectivity index (χ0) is 12.4.